The molecule has 0 unspecified atom stereocenters. The maximum absolute atomic E-state index is 12.4. The lowest BCUT2D eigenvalue weighted by Crippen LogP contribution is -2.17. The van der Waals surface area contributed by atoms with Gasteiger partial charge in [0.05, 0.1) is 16.8 Å². The lowest BCUT2D eigenvalue weighted by molar-refractivity contribution is 0.0734. The van der Waals surface area contributed by atoms with Crippen LogP contribution in [0.4, 0.5) is 0 Å². The zero-order chi connectivity index (χ0) is 19.9. The highest BCUT2D eigenvalue weighted by molar-refractivity contribution is 9.10. The number of carbonyl (C=O) groups excluding carboxylic acids is 2. The molecule has 0 aliphatic rings. The number of aromatic nitrogens is 1. The predicted octanol–water partition coefficient (Wildman–Crippen LogP) is 4.48. The summed E-state index contributed by atoms with van der Waals surface area (Å²) in [5.41, 5.74) is 3.58. The number of rotatable bonds is 5. The minimum absolute atomic E-state index is 0.251. The molecule has 3 aromatic rings. The Kier molecular flexibility index (Phi) is 6.52. The highest BCUT2D eigenvalue weighted by Crippen LogP contribution is 2.24. The molecule has 0 spiro atoms. The standard InChI is InChI=1S/C20H13BrClN3O3/c21-15-5-6-18(28-20(27)16-3-1-2-4-17(16)22)14(11-15)12-24-25-19(26)13-7-9-23-10-8-13/h1-12H,(H,25,26). The van der Waals surface area contributed by atoms with Gasteiger partial charge < -0.3 is 4.74 Å². The van der Waals surface area contributed by atoms with E-state index in [1.807, 2.05) is 0 Å². The fourth-order valence-electron chi connectivity index (χ4n) is 2.22. The number of benzene rings is 2. The molecule has 0 saturated heterocycles. The lowest BCUT2D eigenvalue weighted by Gasteiger charge is -2.09. The van der Waals surface area contributed by atoms with Crippen LogP contribution in [0.25, 0.3) is 0 Å². The first-order chi connectivity index (χ1) is 13.5. The van der Waals surface area contributed by atoms with Crippen molar-refractivity contribution < 1.29 is 14.3 Å². The highest BCUT2D eigenvalue weighted by atomic mass is 79.9. The van der Waals surface area contributed by atoms with E-state index in [0.29, 0.717) is 16.1 Å². The first-order valence-electron chi connectivity index (χ1n) is 8.04. The second-order valence-corrected chi connectivity index (χ2v) is 6.81. The van der Waals surface area contributed by atoms with E-state index < -0.39 is 5.97 Å². The van der Waals surface area contributed by atoms with Crippen molar-refractivity contribution in [3.05, 3.63) is 93.2 Å². The number of hydrogen-bond donors (Lipinski definition) is 1. The second kappa shape index (κ2) is 9.25. The Morgan fingerprint density at radius 3 is 2.61 bits per heavy atom. The fraction of sp³-hybridized carbons (Fsp3) is 0. The van der Waals surface area contributed by atoms with Gasteiger partial charge in [-0.3, -0.25) is 9.78 Å². The molecule has 0 saturated carbocycles. The molecule has 0 bridgehead atoms. The van der Waals surface area contributed by atoms with Gasteiger partial charge in [-0.2, -0.15) is 5.10 Å². The third kappa shape index (κ3) is 5.03. The minimum atomic E-state index is -0.594. The Labute approximate surface area is 174 Å². The maximum Gasteiger partial charge on any atom is 0.345 e. The van der Waals surface area contributed by atoms with Gasteiger partial charge in [-0.05, 0) is 42.5 Å². The summed E-state index contributed by atoms with van der Waals surface area (Å²) in [6, 6.07) is 14.8. The van der Waals surface area contributed by atoms with E-state index in [2.05, 4.69) is 31.4 Å². The Balaban J connectivity index is 1.76. The van der Waals surface area contributed by atoms with Crippen LogP contribution < -0.4 is 10.2 Å². The molecule has 0 aliphatic carbocycles. The van der Waals surface area contributed by atoms with E-state index >= 15 is 0 Å². The Morgan fingerprint density at radius 2 is 1.86 bits per heavy atom. The average molecular weight is 459 g/mol. The number of nitrogens with one attached hydrogen (secondary N) is 1. The van der Waals surface area contributed by atoms with Crippen LogP contribution in [0.15, 0.2) is 76.6 Å². The summed E-state index contributed by atoms with van der Waals surface area (Å²) < 4.78 is 6.21. The molecule has 0 atom stereocenters. The molecule has 0 radical (unpaired) electrons. The van der Waals surface area contributed by atoms with Crippen LogP contribution in [-0.2, 0) is 0 Å². The van der Waals surface area contributed by atoms with Crippen LogP contribution in [0.2, 0.25) is 5.02 Å². The summed E-state index contributed by atoms with van der Waals surface area (Å²) in [5, 5.41) is 4.23. The van der Waals surface area contributed by atoms with Crippen LogP contribution in [0.3, 0.4) is 0 Å². The maximum atomic E-state index is 12.4. The molecule has 140 valence electrons. The van der Waals surface area contributed by atoms with E-state index in [9.17, 15) is 9.59 Å². The van der Waals surface area contributed by atoms with Crippen molar-refractivity contribution in [3.8, 4) is 5.75 Å². The molecule has 8 heteroatoms. The van der Waals surface area contributed by atoms with E-state index in [0.717, 1.165) is 4.47 Å². The number of ether oxygens (including phenoxy) is 1. The summed E-state index contributed by atoms with van der Waals surface area (Å²) in [7, 11) is 0. The fourth-order valence-corrected chi connectivity index (χ4v) is 2.81. The summed E-state index contributed by atoms with van der Waals surface area (Å²) in [4.78, 5) is 28.3. The molecular weight excluding hydrogens is 446 g/mol. The predicted molar refractivity (Wildman–Crippen MR) is 110 cm³/mol. The number of carbonyl (C=O) groups is 2. The number of hydrazone groups is 1. The van der Waals surface area contributed by atoms with Gasteiger partial charge in [-0.15, -0.1) is 0 Å². The summed E-state index contributed by atoms with van der Waals surface area (Å²) >= 11 is 9.40. The molecule has 1 amide bonds. The molecule has 1 aromatic heterocycles. The Bertz CT molecular complexity index is 1040. The molecular formula is C20H13BrClN3O3. The van der Waals surface area contributed by atoms with Crippen molar-refractivity contribution in [3.63, 3.8) is 0 Å². The highest BCUT2D eigenvalue weighted by Gasteiger charge is 2.14. The van der Waals surface area contributed by atoms with Gasteiger partial charge in [0.1, 0.15) is 5.75 Å². The van der Waals surface area contributed by atoms with Gasteiger partial charge in [0.15, 0.2) is 0 Å². The smallest absolute Gasteiger partial charge is 0.345 e. The first-order valence-corrected chi connectivity index (χ1v) is 9.21. The first kappa shape index (κ1) is 19.7. The van der Waals surface area contributed by atoms with E-state index in [4.69, 9.17) is 16.3 Å². The van der Waals surface area contributed by atoms with Crippen molar-refractivity contribution in [2.45, 2.75) is 0 Å². The Hall–Kier alpha value is -3.03. The minimum Gasteiger partial charge on any atom is -0.422 e. The Morgan fingerprint density at radius 1 is 1.11 bits per heavy atom. The van der Waals surface area contributed by atoms with Crippen LogP contribution >= 0.6 is 27.5 Å². The molecule has 2 aromatic carbocycles. The molecule has 0 fully saturated rings. The quantitative estimate of drug-likeness (QED) is 0.264. The van der Waals surface area contributed by atoms with Crippen LogP contribution in [0.5, 0.6) is 5.75 Å². The van der Waals surface area contributed by atoms with Crippen molar-refractivity contribution in [1.29, 1.82) is 0 Å². The number of pyridine rings is 1. The zero-order valence-corrected chi connectivity index (χ0v) is 16.6. The van der Waals surface area contributed by atoms with Crippen molar-refractivity contribution in [1.82, 2.24) is 10.4 Å². The third-order valence-corrected chi connectivity index (χ3v) is 4.40. The number of nitrogens with zero attached hydrogens (tertiary/aromatic N) is 2. The van der Waals surface area contributed by atoms with E-state index in [1.54, 1.807) is 54.6 Å². The van der Waals surface area contributed by atoms with Crippen LogP contribution in [0, 0.1) is 0 Å². The summed E-state index contributed by atoms with van der Waals surface area (Å²) in [6.45, 7) is 0. The monoisotopic (exact) mass is 457 g/mol. The topological polar surface area (TPSA) is 80.6 Å². The van der Waals surface area contributed by atoms with E-state index in [-0.39, 0.29) is 17.2 Å². The molecule has 1 N–H and O–H groups in total. The van der Waals surface area contributed by atoms with Crippen LogP contribution in [0.1, 0.15) is 26.3 Å². The van der Waals surface area contributed by atoms with Gasteiger partial charge in [-0.25, -0.2) is 10.2 Å². The van der Waals surface area contributed by atoms with Gasteiger partial charge in [0, 0.05) is 28.0 Å². The lowest BCUT2D eigenvalue weighted by atomic mass is 10.2. The summed E-state index contributed by atoms with van der Waals surface area (Å²) in [5.74, 6) is -0.707. The number of halogens is 2. The average Bonchev–Trinajstić information content (AvgIpc) is 2.70. The van der Waals surface area contributed by atoms with Gasteiger partial charge in [0.25, 0.3) is 5.91 Å². The number of esters is 1. The SMILES string of the molecule is O=C(NN=Cc1cc(Br)ccc1OC(=O)c1ccccc1Cl)c1ccncc1. The van der Waals surface area contributed by atoms with Crippen molar-refractivity contribution in [2.24, 2.45) is 5.10 Å². The van der Waals surface area contributed by atoms with Gasteiger partial charge in [0.2, 0.25) is 0 Å². The molecule has 6 nitrogen and oxygen atoms in total. The van der Waals surface area contributed by atoms with Crippen molar-refractivity contribution >= 4 is 45.6 Å². The summed E-state index contributed by atoms with van der Waals surface area (Å²) in [6.07, 6.45) is 4.41. The largest absolute Gasteiger partial charge is 0.422 e. The third-order valence-electron chi connectivity index (χ3n) is 3.58. The number of amides is 1. The van der Waals surface area contributed by atoms with Gasteiger partial charge in [-0.1, -0.05) is 39.7 Å². The molecule has 1 heterocycles. The molecule has 0 aliphatic heterocycles. The van der Waals surface area contributed by atoms with Gasteiger partial charge >= 0.3 is 5.97 Å². The normalized spacial score (nSPS) is 10.6. The molecule has 28 heavy (non-hydrogen) atoms. The van der Waals surface area contributed by atoms with Crippen LogP contribution in [-0.4, -0.2) is 23.1 Å². The molecule has 3 rings (SSSR count). The zero-order valence-electron chi connectivity index (χ0n) is 14.3. The second-order valence-electron chi connectivity index (χ2n) is 5.49. The number of hydrogen-bond acceptors (Lipinski definition) is 5. The van der Waals surface area contributed by atoms with E-state index in [1.165, 1.54) is 18.6 Å². The van der Waals surface area contributed by atoms with Crippen molar-refractivity contribution in [2.75, 3.05) is 0 Å².